The molecule has 0 atom stereocenters. The highest BCUT2D eigenvalue weighted by Crippen LogP contribution is 2.40. The third-order valence-corrected chi connectivity index (χ3v) is 7.47. The van der Waals surface area contributed by atoms with E-state index in [0.29, 0.717) is 22.6 Å². The molecule has 44 heavy (non-hydrogen) atoms. The predicted molar refractivity (Wildman–Crippen MR) is 181 cm³/mol. The lowest BCUT2D eigenvalue weighted by atomic mass is 9.96. The van der Waals surface area contributed by atoms with Gasteiger partial charge in [-0.3, -0.25) is 0 Å². The van der Waals surface area contributed by atoms with Crippen LogP contribution in [-0.2, 0) is 0 Å². The molecular weight excluding hydrogens is 540 g/mol. The van der Waals surface area contributed by atoms with Crippen molar-refractivity contribution < 1.29 is 10.2 Å². The summed E-state index contributed by atoms with van der Waals surface area (Å²) in [4.78, 5) is 10.5. The second-order valence-corrected chi connectivity index (χ2v) is 10.7. The number of nitrogens with zero attached hydrogens (tertiary/aromatic N) is 2. The summed E-state index contributed by atoms with van der Waals surface area (Å²) in [6.07, 6.45) is 0. The zero-order valence-corrected chi connectivity index (χ0v) is 24.6. The molecule has 2 N–H and O–H groups in total. The highest BCUT2D eigenvalue weighted by molar-refractivity contribution is 6.17. The van der Waals surface area contributed by atoms with Gasteiger partial charge in [-0.2, -0.15) is 0 Å². The molecule has 6 aromatic carbocycles. The van der Waals surface area contributed by atoms with Crippen LogP contribution >= 0.6 is 0 Å². The summed E-state index contributed by atoms with van der Waals surface area (Å²) in [7, 11) is 0. The van der Waals surface area contributed by atoms with Gasteiger partial charge in [-0.25, -0.2) is 9.98 Å². The number of para-hydroxylation sites is 2. The maximum Gasteiger partial charge on any atom is 0.124 e. The van der Waals surface area contributed by atoms with Crippen LogP contribution in [0.3, 0.4) is 0 Å². The number of phenols is 2. The molecule has 0 saturated heterocycles. The van der Waals surface area contributed by atoms with Gasteiger partial charge in [0.1, 0.15) is 11.5 Å². The number of aliphatic imine (C=N–C) groups is 2. The van der Waals surface area contributed by atoms with Crippen LogP contribution in [0, 0.1) is 13.8 Å². The summed E-state index contributed by atoms with van der Waals surface area (Å²) < 4.78 is 0. The molecule has 0 amide bonds. The monoisotopic (exact) mass is 572 g/mol. The smallest absolute Gasteiger partial charge is 0.124 e. The van der Waals surface area contributed by atoms with Crippen molar-refractivity contribution in [2.24, 2.45) is 9.98 Å². The van der Waals surface area contributed by atoms with Crippen molar-refractivity contribution in [1.29, 1.82) is 0 Å². The summed E-state index contributed by atoms with van der Waals surface area (Å²) in [6.45, 7) is 4.09. The van der Waals surface area contributed by atoms with E-state index in [1.807, 2.05) is 111 Å². The summed E-state index contributed by atoms with van der Waals surface area (Å²) in [5, 5.41) is 21.7. The topological polar surface area (TPSA) is 65.2 Å². The average Bonchev–Trinajstić information content (AvgIpc) is 3.05. The van der Waals surface area contributed by atoms with Gasteiger partial charge in [-0.15, -0.1) is 0 Å². The van der Waals surface area contributed by atoms with Crippen molar-refractivity contribution in [2.45, 2.75) is 13.8 Å². The summed E-state index contributed by atoms with van der Waals surface area (Å²) in [6, 6.07) is 46.8. The first-order valence-electron chi connectivity index (χ1n) is 14.5. The molecule has 0 radical (unpaired) electrons. The van der Waals surface area contributed by atoms with Crippen molar-refractivity contribution in [3.8, 4) is 22.6 Å². The minimum Gasteiger partial charge on any atom is -0.507 e. The maximum absolute atomic E-state index is 10.9. The lowest BCUT2D eigenvalue weighted by molar-refractivity contribution is 0.473. The van der Waals surface area contributed by atoms with E-state index in [1.165, 1.54) is 0 Å². The first-order chi connectivity index (χ1) is 21.5. The van der Waals surface area contributed by atoms with Gasteiger partial charge in [0.25, 0.3) is 0 Å². The Morgan fingerprint density at radius 1 is 0.432 bits per heavy atom. The van der Waals surface area contributed by atoms with E-state index in [1.54, 1.807) is 12.1 Å². The molecular formula is C40H32N2O2. The van der Waals surface area contributed by atoms with Crippen LogP contribution in [0.4, 0.5) is 11.4 Å². The molecule has 6 rings (SSSR count). The summed E-state index contributed by atoms with van der Waals surface area (Å²) in [5.41, 5.74) is 9.90. The van der Waals surface area contributed by atoms with Crippen LogP contribution in [0.25, 0.3) is 11.1 Å². The van der Waals surface area contributed by atoms with Crippen molar-refractivity contribution in [3.63, 3.8) is 0 Å². The van der Waals surface area contributed by atoms with Crippen LogP contribution < -0.4 is 0 Å². The Morgan fingerprint density at radius 2 is 0.795 bits per heavy atom. The Kier molecular flexibility index (Phi) is 8.15. The number of hydrogen-bond donors (Lipinski definition) is 2. The molecule has 0 bridgehead atoms. The molecule has 0 heterocycles. The van der Waals surface area contributed by atoms with E-state index < -0.39 is 0 Å². The molecule has 0 aliphatic carbocycles. The van der Waals surface area contributed by atoms with E-state index in [2.05, 4.69) is 36.4 Å². The van der Waals surface area contributed by atoms with Gasteiger partial charge in [-0.1, -0.05) is 109 Å². The standard InChI is InChI=1S/C40H32N2O2/c1-27-21-23-31(35(25-27)41-39(29-13-5-3-6-14-29)33-17-9-11-19-37(33)43)32-24-22-28(2)26-36(32)42-40(30-15-7-4-8-16-30)34-18-10-12-20-38(34)44/h3-26,43-44H,1-2H3. The minimum atomic E-state index is 0.167. The Labute approximate surface area is 258 Å². The SMILES string of the molecule is Cc1ccc(-c2ccc(C)cc2N=C(c2ccccc2)c2ccccc2O)c(N=C(c2ccccc2)c2ccccc2O)c1. The van der Waals surface area contributed by atoms with Gasteiger partial charge < -0.3 is 10.2 Å². The summed E-state index contributed by atoms with van der Waals surface area (Å²) >= 11 is 0. The molecule has 0 saturated carbocycles. The van der Waals surface area contributed by atoms with Crippen LogP contribution in [0.15, 0.2) is 156 Å². The highest BCUT2D eigenvalue weighted by atomic mass is 16.3. The van der Waals surface area contributed by atoms with Crippen molar-refractivity contribution in [1.82, 2.24) is 0 Å². The Balaban J connectivity index is 1.60. The Bertz CT molecular complexity index is 1850. The number of aryl methyl sites for hydroxylation is 2. The van der Waals surface area contributed by atoms with Crippen LogP contribution in [0.5, 0.6) is 11.5 Å². The zero-order chi connectivity index (χ0) is 30.5. The van der Waals surface area contributed by atoms with Gasteiger partial charge >= 0.3 is 0 Å². The second-order valence-electron chi connectivity index (χ2n) is 10.7. The number of phenolic OH excluding ortho intramolecular Hbond substituents is 2. The van der Waals surface area contributed by atoms with Gasteiger partial charge in [0.2, 0.25) is 0 Å². The van der Waals surface area contributed by atoms with Gasteiger partial charge in [0.05, 0.1) is 22.8 Å². The minimum absolute atomic E-state index is 0.167. The van der Waals surface area contributed by atoms with E-state index in [4.69, 9.17) is 9.98 Å². The number of hydrogen-bond acceptors (Lipinski definition) is 4. The molecule has 6 aromatic rings. The molecule has 0 aliphatic rings. The summed E-state index contributed by atoms with van der Waals surface area (Å²) in [5.74, 6) is 0.334. The van der Waals surface area contributed by atoms with Crippen LogP contribution in [0.1, 0.15) is 33.4 Å². The van der Waals surface area contributed by atoms with Gasteiger partial charge in [0, 0.05) is 33.4 Å². The Morgan fingerprint density at radius 3 is 1.18 bits per heavy atom. The number of benzene rings is 6. The van der Waals surface area contributed by atoms with Crippen molar-refractivity contribution in [3.05, 3.63) is 179 Å². The molecule has 4 heteroatoms. The van der Waals surface area contributed by atoms with Crippen molar-refractivity contribution in [2.75, 3.05) is 0 Å². The first kappa shape index (κ1) is 28.4. The predicted octanol–water partition coefficient (Wildman–Crippen LogP) is 9.72. The van der Waals surface area contributed by atoms with Crippen molar-refractivity contribution >= 4 is 22.8 Å². The molecule has 4 nitrogen and oxygen atoms in total. The average molecular weight is 573 g/mol. The third-order valence-electron chi connectivity index (χ3n) is 7.47. The fourth-order valence-corrected chi connectivity index (χ4v) is 5.27. The quantitative estimate of drug-likeness (QED) is 0.187. The third kappa shape index (κ3) is 6.06. The van der Waals surface area contributed by atoms with E-state index in [-0.39, 0.29) is 11.5 Å². The largest absolute Gasteiger partial charge is 0.507 e. The van der Waals surface area contributed by atoms with E-state index in [0.717, 1.165) is 44.8 Å². The molecule has 0 unspecified atom stereocenters. The van der Waals surface area contributed by atoms with Gasteiger partial charge in [0.15, 0.2) is 0 Å². The molecule has 0 aliphatic heterocycles. The normalized spacial score (nSPS) is 11.9. The number of rotatable bonds is 7. The number of aromatic hydroxyl groups is 2. The van der Waals surface area contributed by atoms with Gasteiger partial charge in [-0.05, 0) is 61.4 Å². The Hall–Kier alpha value is -5.74. The lowest BCUT2D eigenvalue weighted by Crippen LogP contribution is -2.04. The van der Waals surface area contributed by atoms with E-state index in [9.17, 15) is 10.2 Å². The van der Waals surface area contributed by atoms with E-state index >= 15 is 0 Å². The highest BCUT2D eigenvalue weighted by Gasteiger charge is 2.17. The zero-order valence-electron chi connectivity index (χ0n) is 24.6. The second kappa shape index (κ2) is 12.6. The fourth-order valence-electron chi connectivity index (χ4n) is 5.27. The molecule has 0 fully saturated rings. The lowest BCUT2D eigenvalue weighted by Gasteiger charge is -2.15. The molecule has 0 spiro atoms. The molecule has 0 aromatic heterocycles. The van der Waals surface area contributed by atoms with Crippen LogP contribution in [-0.4, -0.2) is 21.6 Å². The van der Waals surface area contributed by atoms with Crippen LogP contribution in [0.2, 0.25) is 0 Å². The molecule has 214 valence electrons. The maximum atomic E-state index is 10.9. The fraction of sp³-hybridized carbons (Fsp3) is 0.0500. The first-order valence-corrected chi connectivity index (χ1v) is 14.5.